The van der Waals surface area contributed by atoms with E-state index in [1.807, 2.05) is 37.5 Å². The summed E-state index contributed by atoms with van der Waals surface area (Å²) in [6, 6.07) is 8.34. The Hall–Kier alpha value is -2.47. The average Bonchev–Trinajstić information content (AvgIpc) is 2.97. The standard InChI is InChI=1S/C18H18FN3OS/c1-4-21-17(23)16(20-18(21)24)10-13-9-11(2)22(12(13)3)15-7-5-14(19)6-8-15/h5-10H,4H2,1-3H3,(H,20,24)/b16-10-. The maximum atomic E-state index is 13.1. The predicted molar refractivity (Wildman–Crippen MR) is 96.3 cm³/mol. The molecule has 0 bridgehead atoms. The second-order valence-corrected chi connectivity index (χ2v) is 6.06. The van der Waals surface area contributed by atoms with Crippen LogP contribution in [0, 0.1) is 19.7 Å². The van der Waals surface area contributed by atoms with Gasteiger partial charge < -0.3 is 9.88 Å². The summed E-state index contributed by atoms with van der Waals surface area (Å²) >= 11 is 5.18. The number of benzene rings is 1. The number of aromatic nitrogens is 1. The minimum absolute atomic E-state index is 0.117. The van der Waals surface area contributed by atoms with Crippen molar-refractivity contribution in [3.63, 3.8) is 0 Å². The van der Waals surface area contributed by atoms with Crippen LogP contribution in [0.2, 0.25) is 0 Å². The number of nitrogens with one attached hydrogen (secondary N) is 1. The Morgan fingerprint density at radius 3 is 2.50 bits per heavy atom. The van der Waals surface area contributed by atoms with E-state index in [1.54, 1.807) is 12.1 Å². The third-order valence-electron chi connectivity index (χ3n) is 4.13. The molecule has 0 radical (unpaired) electrons. The van der Waals surface area contributed by atoms with Crippen LogP contribution in [0.3, 0.4) is 0 Å². The third kappa shape index (κ3) is 2.73. The molecule has 3 rings (SSSR count). The molecule has 0 atom stereocenters. The van der Waals surface area contributed by atoms with Gasteiger partial charge in [0.25, 0.3) is 5.91 Å². The normalized spacial score (nSPS) is 16.2. The van der Waals surface area contributed by atoms with Crippen LogP contribution in [-0.4, -0.2) is 27.0 Å². The molecule has 6 heteroatoms. The van der Waals surface area contributed by atoms with Gasteiger partial charge in [0.05, 0.1) is 0 Å². The van der Waals surface area contributed by atoms with Crippen LogP contribution in [0.1, 0.15) is 23.9 Å². The smallest absolute Gasteiger partial charge is 0.276 e. The van der Waals surface area contributed by atoms with Crippen LogP contribution in [0.25, 0.3) is 11.8 Å². The van der Waals surface area contributed by atoms with E-state index in [2.05, 4.69) is 5.32 Å². The second-order valence-electron chi connectivity index (χ2n) is 5.68. The number of hydrogen-bond donors (Lipinski definition) is 1. The number of amides is 1. The summed E-state index contributed by atoms with van der Waals surface area (Å²) in [7, 11) is 0. The van der Waals surface area contributed by atoms with E-state index in [0.29, 0.717) is 17.4 Å². The predicted octanol–water partition coefficient (Wildman–Crippen LogP) is 3.31. The van der Waals surface area contributed by atoms with Crippen LogP contribution in [-0.2, 0) is 4.79 Å². The Morgan fingerprint density at radius 1 is 1.25 bits per heavy atom. The molecule has 1 fully saturated rings. The molecule has 1 saturated heterocycles. The molecule has 0 unspecified atom stereocenters. The van der Waals surface area contributed by atoms with Gasteiger partial charge >= 0.3 is 0 Å². The molecule has 24 heavy (non-hydrogen) atoms. The Balaban J connectivity index is 2.01. The molecule has 2 heterocycles. The van der Waals surface area contributed by atoms with Crippen LogP contribution in [0.5, 0.6) is 0 Å². The molecule has 2 aromatic rings. The van der Waals surface area contributed by atoms with Gasteiger partial charge in [0, 0.05) is 23.6 Å². The van der Waals surface area contributed by atoms with Gasteiger partial charge in [-0.2, -0.15) is 0 Å². The van der Waals surface area contributed by atoms with Crippen molar-refractivity contribution in [3.8, 4) is 5.69 Å². The third-order valence-corrected chi connectivity index (χ3v) is 4.46. The summed E-state index contributed by atoms with van der Waals surface area (Å²) in [4.78, 5) is 13.8. The van der Waals surface area contributed by atoms with Crippen LogP contribution >= 0.6 is 12.2 Å². The van der Waals surface area contributed by atoms with Gasteiger partial charge in [-0.1, -0.05) is 0 Å². The monoisotopic (exact) mass is 343 g/mol. The highest BCUT2D eigenvalue weighted by Gasteiger charge is 2.29. The largest absolute Gasteiger partial charge is 0.328 e. The van der Waals surface area contributed by atoms with Gasteiger partial charge in [0.2, 0.25) is 0 Å². The number of carbonyl (C=O) groups is 1. The van der Waals surface area contributed by atoms with Crippen LogP contribution in [0.4, 0.5) is 4.39 Å². The van der Waals surface area contributed by atoms with E-state index in [9.17, 15) is 9.18 Å². The zero-order chi connectivity index (χ0) is 17.4. The average molecular weight is 343 g/mol. The molecule has 1 aromatic heterocycles. The number of likely N-dealkylation sites (N-methyl/N-ethyl adjacent to an activating group) is 1. The molecule has 0 saturated carbocycles. The van der Waals surface area contributed by atoms with Crippen molar-refractivity contribution in [1.29, 1.82) is 0 Å². The lowest BCUT2D eigenvalue weighted by molar-refractivity contribution is -0.122. The number of nitrogens with zero attached hydrogens (tertiary/aromatic N) is 2. The van der Waals surface area contributed by atoms with Gasteiger partial charge in [0.15, 0.2) is 5.11 Å². The van der Waals surface area contributed by atoms with E-state index >= 15 is 0 Å². The van der Waals surface area contributed by atoms with Gasteiger partial charge in [-0.15, -0.1) is 0 Å². The van der Waals surface area contributed by atoms with E-state index in [0.717, 1.165) is 22.6 Å². The molecular weight excluding hydrogens is 325 g/mol. The Bertz CT molecular complexity index is 852. The SMILES string of the molecule is CCN1C(=O)/C(=C/c2cc(C)n(-c3ccc(F)cc3)c2C)NC1=S. The second kappa shape index (κ2) is 6.20. The van der Waals surface area contributed by atoms with E-state index < -0.39 is 0 Å². The first-order chi connectivity index (χ1) is 11.4. The van der Waals surface area contributed by atoms with Gasteiger partial charge in [-0.3, -0.25) is 9.69 Å². The zero-order valence-corrected chi connectivity index (χ0v) is 14.6. The van der Waals surface area contributed by atoms with Crippen molar-refractivity contribution in [2.24, 2.45) is 0 Å². The molecule has 0 spiro atoms. The molecule has 4 nitrogen and oxygen atoms in total. The number of aryl methyl sites for hydroxylation is 1. The fraction of sp³-hybridized carbons (Fsp3) is 0.222. The van der Waals surface area contributed by atoms with Crippen LogP contribution < -0.4 is 5.32 Å². The number of rotatable bonds is 3. The van der Waals surface area contributed by atoms with Crippen molar-refractivity contribution in [1.82, 2.24) is 14.8 Å². The number of hydrogen-bond acceptors (Lipinski definition) is 2. The number of thiocarbonyl (C=S) groups is 1. The first-order valence-corrected chi connectivity index (χ1v) is 8.12. The van der Waals surface area contributed by atoms with Gasteiger partial charge in [-0.05, 0) is 75.0 Å². The maximum absolute atomic E-state index is 13.1. The van der Waals surface area contributed by atoms with E-state index in [4.69, 9.17) is 12.2 Å². The molecule has 0 aliphatic carbocycles. The molecule has 1 aromatic carbocycles. The van der Waals surface area contributed by atoms with Gasteiger partial charge in [0.1, 0.15) is 11.5 Å². The zero-order valence-electron chi connectivity index (χ0n) is 13.8. The van der Waals surface area contributed by atoms with Crippen molar-refractivity contribution in [2.75, 3.05) is 6.54 Å². The number of carbonyl (C=O) groups excluding carboxylic acids is 1. The first kappa shape index (κ1) is 16.4. The highest BCUT2D eigenvalue weighted by Crippen LogP contribution is 2.24. The van der Waals surface area contributed by atoms with E-state index in [-0.39, 0.29) is 11.7 Å². The molecule has 1 N–H and O–H groups in total. The lowest BCUT2D eigenvalue weighted by atomic mass is 10.2. The summed E-state index contributed by atoms with van der Waals surface area (Å²) in [5.74, 6) is -0.383. The fourth-order valence-electron chi connectivity index (χ4n) is 2.94. The first-order valence-electron chi connectivity index (χ1n) is 7.71. The molecule has 1 aliphatic heterocycles. The minimum Gasteiger partial charge on any atom is -0.328 e. The highest BCUT2D eigenvalue weighted by atomic mass is 32.1. The minimum atomic E-state index is -0.266. The fourth-order valence-corrected chi connectivity index (χ4v) is 3.26. The Kier molecular flexibility index (Phi) is 4.24. The molecule has 1 aliphatic rings. The summed E-state index contributed by atoms with van der Waals surface area (Å²) in [5.41, 5.74) is 4.26. The van der Waals surface area contributed by atoms with Crippen molar-refractivity contribution >= 4 is 29.3 Å². The highest BCUT2D eigenvalue weighted by molar-refractivity contribution is 7.80. The lowest BCUT2D eigenvalue weighted by Crippen LogP contribution is -2.30. The Morgan fingerprint density at radius 2 is 1.92 bits per heavy atom. The number of halogens is 1. The van der Waals surface area contributed by atoms with Crippen molar-refractivity contribution < 1.29 is 9.18 Å². The van der Waals surface area contributed by atoms with Crippen molar-refractivity contribution in [3.05, 3.63) is 58.8 Å². The summed E-state index contributed by atoms with van der Waals surface area (Å²) in [5, 5.41) is 3.40. The summed E-state index contributed by atoms with van der Waals surface area (Å²) in [6.45, 7) is 6.37. The van der Waals surface area contributed by atoms with Gasteiger partial charge in [-0.25, -0.2) is 4.39 Å². The maximum Gasteiger partial charge on any atom is 0.276 e. The summed E-state index contributed by atoms with van der Waals surface area (Å²) in [6.07, 6.45) is 1.81. The molecule has 124 valence electrons. The lowest BCUT2D eigenvalue weighted by Gasteiger charge is -2.09. The molecular formula is C18H18FN3OS. The molecule has 1 amide bonds. The van der Waals surface area contributed by atoms with E-state index in [1.165, 1.54) is 17.0 Å². The van der Waals surface area contributed by atoms with Crippen molar-refractivity contribution in [2.45, 2.75) is 20.8 Å². The summed E-state index contributed by atoms with van der Waals surface area (Å²) < 4.78 is 15.2. The quantitative estimate of drug-likeness (QED) is 0.686. The van der Waals surface area contributed by atoms with Crippen LogP contribution in [0.15, 0.2) is 36.0 Å². The topological polar surface area (TPSA) is 37.3 Å². The Labute approximate surface area is 145 Å².